The molecule has 0 radical (unpaired) electrons. The molecule has 13 heavy (non-hydrogen) atoms. The van der Waals surface area contributed by atoms with Gasteiger partial charge in [0.05, 0.1) is 0 Å². The van der Waals surface area contributed by atoms with Gasteiger partial charge in [0.1, 0.15) is 5.82 Å². The number of hydrogen-bond acceptors (Lipinski definition) is 3. The molecule has 4 nitrogen and oxygen atoms in total. The van der Waals surface area contributed by atoms with E-state index in [4.69, 9.17) is 5.73 Å². The van der Waals surface area contributed by atoms with Gasteiger partial charge in [0.2, 0.25) is 0 Å². The van der Waals surface area contributed by atoms with Crippen molar-refractivity contribution >= 4 is 0 Å². The molecule has 1 aromatic rings. The fourth-order valence-electron chi connectivity index (χ4n) is 0.910. The Labute approximate surface area is 78.9 Å². The van der Waals surface area contributed by atoms with Gasteiger partial charge in [-0.25, -0.2) is 4.98 Å². The largest absolute Gasteiger partial charge is 0.325 e. The van der Waals surface area contributed by atoms with Gasteiger partial charge in [-0.3, -0.25) is 5.10 Å². The van der Waals surface area contributed by atoms with Crippen LogP contribution in [-0.2, 0) is 5.41 Å². The third-order valence-electron chi connectivity index (χ3n) is 2.77. The van der Waals surface area contributed by atoms with Gasteiger partial charge in [-0.05, 0) is 20.8 Å². The summed E-state index contributed by atoms with van der Waals surface area (Å²) in [5.74, 6) is 1.60. The maximum Gasteiger partial charge on any atom is 0.158 e. The SMILES string of the molecule is Cc1nc(C(C)(C)C(C)(C)N)n[nH]1. The van der Waals surface area contributed by atoms with Crippen molar-refractivity contribution in [1.82, 2.24) is 15.2 Å². The Balaban J connectivity index is 3.07. The molecule has 0 fully saturated rings. The van der Waals surface area contributed by atoms with Crippen molar-refractivity contribution in [2.45, 2.75) is 45.6 Å². The van der Waals surface area contributed by atoms with E-state index in [1.54, 1.807) is 0 Å². The van der Waals surface area contributed by atoms with Gasteiger partial charge in [0, 0.05) is 11.0 Å². The molecule has 1 rings (SSSR count). The van der Waals surface area contributed by atoms with Crippen molar-refractivity contribution in [1.29, 1.82) is 0 Å². The molecule has 0 spiro atoms. The zero-order valence-corrected chi connectivity index (χ0v) is 8.97. The number of hydrogen-bond donors (Lipinski definition) is 2. The van der Waals surface area contributed by atoms with Gasteiger partial charge >= 0.3 is 0 Å². The first-order valence-corrected chi connectivity index (χ1v) is 4.43. The zero-order valence-electron chi connectivity index (χ0n) is 8.97. The summed E-state index contributed by atoms with van der Waals surface area (Å²) in [4.78, 5) is 4.30. The van der Waals surface area contributed by atoms with E-state index in [9.17, 15) is 0 Å². The van der Waals surface area contributed by atoms with Crippen molar-refractivity contribution in [2.75, 3.05) is 0 Å². The molecule has 0 aromatic carbocycles. The Hall–Kier alpha value is -0.900. The van der Waals surface area contributed by atoms with Gasteiger partial charge in [-0.2, -0.15) is 5.10 Å². The van der Waals surface area contributed by atoms with Crippen LogP contribution in [0, 0.1) is 6.92 Å². The summed E-state index contributed by atoms with van der Waals surface area (Å²) in [5, 5.41) is 6.97. The molecular formula is C9H18N4. The highest BCUT2D eigenvalue weighted by molar-refractivity contribution is 5.12. The molecule has 0 bridgehead atoms. The normalized spacial score (nSPS) is 13.4. The Morgan fingerprint density at radius 1 is 1.23 bits per heavy atom. The zero-order chi connectivity index (χ0) is 10.3. The summed E-state index contributed by atoms with van der Waals surface area (Å²) >= 11 is 0. The number of aromatic amines is 1. The number of nitrogens with zero attached hydrogens (tertiary/aromatic N) is 2. The predicted molar refractivity (Wildman–Crippen MR) is 52.4 cm³/mol. The fraction of sp³-hybridized carbons (Fsp3) is 0.778. The molecule has 4 heteroatoms. The second-order valence-corrected chi connectivity index (χ2v) is 4.59. The van der Waals surface area contributed by atoms with Gasteiger partial charge in [0.15, 0.2) is 5.82 Å². The molecule has 0 aliphatic carbocycles. The monoisotopic (exact) mass is 182 g/mol. The van der Waals surface area contributed by atoms with Crippen LogP contribution in [0.25, 0.3) is 0 Å². The maximum absolute atomic E-state index is 6.06. The first-order chi connectivity index (χ1) is 5.75. The fourth-order valence-corrected chi connectivity index (χ4v) is 0.910. The molecule has 3 N–H and O–H groups in total. The number of H-pyrrole nitrogens is 1. The number of rotatable bonds is 2. The first-order valence-electron chi connectivity index (χ1n) is 4.43. The van der Waals surface area contributed by atoms with Gasteiger partial charge < -0.3 is 5.73 Å². The Bertz CT molecular complexity index is 293. The van der Waals surface area contributed by atoms with Crippen molar-refractivity contribution in [3.05, 3.63) is 11.6 Å². The molecule has 1 aromatic heterocycles. The van der Waals surface area contributed by atoms with E-state index in [0.29, 0.717) is 0 Å². The average molecular weight is 182 g/mol. The van der Waals surface area contributed by atoms with E-state index in [-0.39, 0.29) is 11.0 Å². The van der Waals surface area contributed by atoms with Crippen molar-refractivity contribution < 1.29 is 0 Å². The van der Waals surface area contributed by atoms with Gasteiger partial charge in [-0.15, -0.1) is 0 Å². The standard InChI is InChI=1S/C9H18N4/c1-6-11-7(13-12-6)8(2,3)9(4,5)10/h10H2,1-5H3,(H,11,12,13). The van der Waals surface area contributed by atoms with Crippen LogP contribution in [0.5, 0.6) is 0 Å². The summed E-state index contributed by atoms with van der Waals surface area (Å²) in [5.41, 5.74) is 5.50. The number of nitrogens with two attached hydrogens (primary N) is 1. The second kappa shape index (κ2) is 2.80. The third kappa shape index (κ3) is 1.72. The summed E-state index contributed by atoms with van der Waals surface area (Å²) in [6.45, 7) is 9.96. The van der Waals surface area contributed by atoms with E-state index in [0.717, 1.165) is 11.6 Å². The Morgan fingerprint density at radius 3 is 2.08 bits per heavy atom. The van der Waals surface area contributed by atoms with Crippen LogP contribution in [0.2, 0.25) is 0 Å². The highest BCUT2D eigenvalue weighted by Gasteiger charge is 2.38. The molecule has 0 saturated heterocycles. The molecular weight excluding hydrogens is 164 g/mol. The lowest BCUT2D eigenvalue weighted by Crippen LogP contribution is -2.50. The van der Waals surface area contributed by atoms with Crippen LogP contribution in [0.4, 0.5) is 0 Å². The van der Waals surface area contributed by atoms with E-state index in [2.05, 4.69) is 29.0 Å². The highest BCUT2D eigenvalue weighted by atomic mass is 15.2. The molecule has 0 unspecified atom stereocenters. The molecule has 0 aliphatic heterocycles. The van der Waals surface area contributed by atoms with Crippen LogP contribution in [0.1, 0.15) is 39.3 Å². The summed E-state index contributed by atoms with van der Waals surface area (Å²) < 4.78 is 0. The number of nitrogens with one attached hydrogen (secondary N) is 1. The van der Waals surface area contributed by atoms with Crippen molar-refractivity contribution in [3.63, 3.8) is 0 Å². The van der Waals surface area contributed by atoms with Crippen LogP contribution < -0.4 is 5.73 Å². The minimum absolute atomic E-state index is 0.224. The van der Waals surface area contributed by atoms with Crippen molar-refractivity contribution in [2.24, 2.45) is 5.73 Å². The first kappa shape index (κ1) is 10.2. The molecule has 0 saturated carbocycles. The van der Waals surface area contributed by atoms with E-state index in [1.807, 2.05) is 20.8 Å². The predicted octanol–water partition coefficient (Wildman–Crippen LogP) is 1.13. The Morgan fingerprint density at radius 2 is 1.77 bits per heavy atom. The smallest absolute Gasteiger partial charge is 0.158 e. The van der Waals surface area contributed by atoms with Gasteiger partial charge in [-0.1, -0.05) is 13.8 Å². The lowest BCUT2D eigenvalue weighted by Gasteiger charge is -2.35. The van der Waals surface area contributed by atoms with Crippen LogP contribution in [0.15, 0.2) is 0 Å². The molecule has 0 aliphatic rings. The lowest BCUT2D eigenvalue weighted by molar-refractivity contribution is 0.291. The van der Waals surface area contributed by atoms with Gasteiger partial charge in [0.25, 0.3) is 0 Å². The summed E-state index contributed by atoms with van der Waals surface area (Å²) in [6, 6.07) is 0. The third-order valence-corrected chi connectivity index (χ3v) is 2.77. The lowest BCUT2D eigenvalue weighted by atomic mass is 9.75. The summed E-state index contributed by atoms with van der Waals surface area (Å²) in [7, 11) is 0. The van der Waals surface area contributed by atoms with Crippen molar-refractivity contribution in [3.8, 4) is 0 Å². The number of aryl methyl sites for hydroxylation is 1. The van der Waals surface area contributed by atoms with E-state index in [1.165, 1.54) is 0 Å². The van der Waals surface area contributed by atoms with E-state index >= 15 is 0 Å². The second-order valence-electron chi connectivity index (χ2n) is 4.59. The molecule has 0 atom stereocenters. The summed E-state index contributed by atoms with van der Waals surface area (Å²) in [6.07, 6.45) is 0. The quantitative estimate of drug-likeness (QED) is 0.720. The van der Waals surface area contributed by atoms with Crippen LogP contribution >= 0.6 is 0 Å². The Kier molecular flexibility index (Phi) is 2.20. The molecule has 0 amide bonds. The minimum Gasteiger partial charge on any atom is -0.325 e. The van der Waals surface area contributed by atoms with E-state index < -0.39 is 0 Å². The number of aromatic nitrogens is 3. The minimum atomic E-state index is -0.332. The average Bonchev–Trinajstić information content (AvgIpc) is 2.33. The molecule has 1 heterocycles. The maximum atomic E-state index is 6.06. The van der Waals surface area contributed by atoms with Crippen LogP contribution in [0.3, 0.4) is 0 Å². The highest BCUT2D eigenvalue weighted by Crippen LogP contribution is 2.30. The molecule has 74 valence electrons. The topological polar surface area (TPSA) is 67.6 Å². The van der Waals surface area contributed by atoms with Crippen LogP contribution in [-0.4, -0.2) is 20.7 Å².